The van der Waals surface area contributed by atoms with Crippen LogP contribution in [-0.4, -0.2) is 70.4 Å². The zero-order valence-electron chi connectivity index (χ0n) is 19.3. The van der Waals surface area contributed by atoms with E-state index < -0.39 is 11.7 Å². The normalized spacial score (nSPS) is 18.3. The number of halogens is 3. The molecule has 12 heteroatoms. The van der Waals surface area contributed by atoms with E-state index in [2.05, 4.69) is 26.2 Å². The van der Waals surface area contributed by atoms with Crippen LogP contribution in [0.5, 0.6) is 0 Å². The van der Waals surface area contributed by atoms with Gasteiger partial charge in [-0.2, -0.15) is 18.3 Å². The van der Waals surface area contributed by atoms with Crippen LogP contribution < -0.4 is 10.5 Å². The molecular weight excluding hydrogens is 465 g/mol. The Morgan fingerprint density at radius 1 is 1.14 bits per heavy atom. The lowest BCUT2D eigenvalue weighted by molar-refractivity contribution is -0.138. The van der Waals surface area contributed by atoms with Crippen molar-refractivity contribution in [1.29, 1.82) is 0 Å². The molecule has 0 spiro atoms. The lowest BCUT2D eigenvalue weighted by Crippen LogP contribution is -2.49. The van der Waals surface area contributed by atoms with E-state index in [0.29, 0.717) is 45.0 Å². The number of anilines is 1. The first kappa shape index (κ1) is 24.8. The number of allylic oxidation sites excluding steroid dienone is 2. The van der Waals surface area contributed by atoms with Crippen molar-refractivity contribution in [1.82, 2.24) is 25.1 Å². The Morgan fingerprint density at radius 3 is 2.54 bits per heavy atom. The molecule has 1 N–H and O–H groups in total. The number of H-pyrrole nitrogens is 1. The molecule has 0 radical (unpaired) electrons. The number of hydrogen-bond acceptors (Lipinski definition) is 7. The van der Waals surface area contributed by atoms with Gasteiger partial charge in [0, 0.05) is 50.7 Å². The maximum Gasteiger partial charge on any atom is 0.419 e. The standard InChI is InChI=1S/C23H27F3N6O3/c1-15-2-3-16(18-14-29-30-21(34)20(15)18)4-10-35-11-5-19(33)31-6-8-32(9-7-31)22-27-12-17(13-28-22)23(24,25)26/h2,12-14,16H,3-11H2,1H3,(H,30,34). The quantitative estimate of drug-likeness (QED) is 0.593. The predicted octanol–water partition coefficient (Wildman–Crippen LogP) is 2.61. The Kier molecular flexibility index (Phi) is 7.48. The highest BCUT2D eigenvalue weighted by Gasteiger charge is 2.32. The van der Waals surface area contributed by atoms with Crippen molar-refractivity contribution in [2.75, 3.05) is 44.3 Å². The predicted molar refractivity (Wildman–Crippen MR) is 122 cm³/mol. The minimum Gasteiger partial charge on any atom is -0.381 e. The van der Waals surface area contributed by atoms with Gasteiger partial charge in [0.1, 0.15) is 0 Å². The Bertz CT molecular complexity index is 1120. The molecular formula is C23H27F3N6O3. The van der Waals surface area contributed by atoms with E-state index in [1.54, 1.807) is 16.0 Å². The molecule has 1 fully saturated rings. The van der Waals surface area contributed by atoms with Gasteiger partial charge in [-0.25, -0.2) is 15.1 Å². The van der Waals surface area contributed by atoms with Crippen molar-refractivity contribution in [3.63, 3.8) is 0 Å². The van der Waals surface area contributed by atoms with Crippen LogP contribution in [0.4, 0.5) is 19.1 Å². The Morgan fingerprint density at radius 2 is 1.86 bits per heavy atom. The van der Waals surface area contributed by atoms with Crippen molar-refractivity contribution in [2.24, 2.45) is 0 Å². The van der Waals surface area contributed by atoms with Gasteiger partial charge in [0.2, 0.25) is 11.9 Å². The minimum atomic E-state index is -4.47. The average molecular weight is 493 g/mol. The first-order chi connectivity index (χ1) is 16.7. The third-order valence-corrected chi connectivity index (χ3v) is 6.38. The van der Waals surface area contributed by atoms with E-state index in [0.717, 1.165) is 36.4 Å². The number of amides is 1. The van der Waals surface area contributed by atoms with Gasteiger partial charge in [0.05, 0.1) is 24.8 Å². The molecule has 3 heterocycles. The van der Waals surface area contributed by atoms with Crippen molar-refractivity contribution >= 4 is 17.4 Å². The molecule has 0 bridgehead atoms. The molecule has 2 aromatic rings. The summed E-state index contributed by atoms with van der Waals surface area (Å²) in [5.74, 6) is 0.343. The Hall–Kier alpha value is -3.28. The molecule has 2 aliphatic rings. The highest BCUT2D eigenvalue weighted by molar-refractivity contribution is 5.76. The number of nitrogens with one attached hydrogen (secondary N) is 1. The maximum absolute atomic E-state index is 12.7. The second-order valence-corrected chi connectivity index (χ2v) is 8.64. The number of aromatic nitrogens is 4. The molecule has 1 unspecified atom stereocenters. The van der Waals surface area contributed by atoms with E-state index in [4.69, 9.17) is 4.74 Å². The van der Waals surface area contributed by atoms with Crippen LogP contribution in [0.3, 0.4) is 0 Å². The van der Waals surface area contributed by atoms with Gasteiger partial charge in [-0.05, 0) is 36.8 Å². The van der Waals surface area contributed by atoms with Crippen LogP contribution >= 0.6 is 0 Å². The first-order valence-corrected chi connectivity index (χ1v) is 11.5. The number of carbonyl (C=O) groups excluding carboxylic acids is 1. The highest BCUT2D eigenvalue weighted by atomic mass is 19.4. The molecule has 1 saturated heterocycles. The number of rotatable bonds is 7. The molecule has 1 aliphatic carbocycles. The number of hydrogen-bond donors (Lipinski definition) is 1. The number of ether oxygens (including phenoxy) is 1. The summed E-state index contributed by atoms with van der Waals surface area (Å²) in [5.41, 5.74) is 1.50. The fraction of sp³-hybridized carbons (Fsp3) is 0.522. The monoisotopic (exact) mass is 492 g/mol. The SMILES string of the molecule is CC1=CCC(CCOCCC(=O)N2CCN(c3ncc(C(F)(F)F)cn3)CC2)c2cn[nH]c(=O)c21. The lowest BCUT2D eigenvalue weighted by atomic mass is 9.83. The summed E-state index contributed by atoms with van der Waals surface area (Å²) in [4.78, 5) is 35.7. The van der Waals surface area contributed by atoms with Crippen molar-refractivity contribution in [3.8, 4) is 0 Å². The summed E-state index contributed by atoms with van der Waals surface area (Å²) in [6.07, 6.45) is 2.63. The van der Waals surface area contributed by atoms with Crippen LogP contribution in [0.15, 0.2) is 29.5 Å². The zero-order chi connectivity index (χ0) is 25.0. The molecule has 2 aromatic heterocycles. The van der Waals surface area contributed by atoms with Crippen molar-refractivity contribution < 1.29 is 22.7 Å². The molecule has 35 heavy (non-hydrogen) atoms. The molecule has 0 saturated carbocycles. The summed E-state index contributed by atoms with van der Waals surface area (Å²) < 4.78 is 43.7. The van der Waals surface area contributed by atoms with Crippen LogP contribution in [0, 0.1) is 0 Å². The van der Waals surface area contributed by atoms with Gasteiger partial charge in [-0.3, -0.25) is 9.59 Å². The van der Waals surface area contributed by atoms with Gasteiger partial charge >= 0.3 is 6.18 Å². The van der Waals surface area contributed by atoms with Gasteiger partial charge in [-0.1, -0.05) is 6.08 Å². The maximum atomic E-state index is 12.7. The van der Waals surface area contributed by atoms with Crippen LogP contribution in [0.1, 0.15) is 48.8 Å². The van der Waals surface area contributed by atoms with Crippen molar-refractivity contribution in [2.45, 2.75) is 38.3 Å². The second-order valence-electron chi connectivity index (χ2n) is 8.64. The van der Waals surface area contributed by atoms with E-state index in [-0.39, 0.29) is 29.8 Å². The summed E-state index contributed by atoms with van der Waals surface area (Å²) in [7, 11) is 0. The summed E-state index contributed by atoms with van der Waals surface area (Å²) in [6, 6.07) is 0. The molecule has 1 atom stereocenters. The number of alkyl halides is 3. The topological polar surface area (TPSA) is 104 Å². The summed E-state index contributed by atoms with van der Waals surface area (Å²) in [5, 5.41) is 6.41. The van der Waals surface area contributed by atoms with E-state index >= 15 is 0 Å². The Labute approximate surface area is 200 Å². The number of carbonyl (C=O) groups is 1. The van der Waals surface area contributed by atoms with Gasteiger partial charge in [-0.15, -0.1) is 0 Å². The van der Waals surface area contributed by atoms with E-state index in [1.165, 1.54) is 0 Å². The molecule has 188 valence electrons. The Balaban J connectivity index is 1.17. The number of piperazine rings is 1. The van der Waals surface area contributed by atoms with Crippen LogP contribution in [-0.2, 0) is 15.7 Å². The largest absolute Gasteiger partial charge is 0.419 e. The van der Waals surface area contributed by atoms with Crippen molar-refractivity contribution in [3.05, 3.63) is 51.7 Å². The second kappa shape index (κ2) is 10.5. The van der Waals surface area contributed by atoms with E-state index in [9.17, 15) is 22.8 Å². The van der Waals surface area contributed by atoms with Crippen LogP contribution in [0.25, 0.3) is 5.57 Å². The van der Waals surface area contributed by atoms with Gasteiger partial charge in [0.15, 0.2) is 0 Å². The minimum absolute atomic E-state index is 0.0321. The fourth-order valence-corrected chi connectivity index (χ4v) is 4.38. The molecule has 9 nitrogen and oxygen atoms in total. The number of aromatic amines is 1. The average Bonchev–Trinajstić information content (AvgIpc) is 2.84. The lowest BCUT2D eigenvalue weighted by Gasteiger charge is -2.34. The van der Waals surface area contributed by atoms with Gasteiger partial charge < -0.3 is 14.5 Å². The van der Waals surface area contributed by atoms with E-state index in [1.807, 2.05) is 6.92 Å². The smallest absolute Gasteiger partial charge is 0.381 e. The number of fused-ring (bicyclic) bond motifs is 1. The summed E-state index contributed by atoms with van der Waals surface area (Å²) >= 11 is 0. The zero-order valence-corrected chi connectivity index (χ0v) is 19.3. The fourth-order valence-electron chi connectivity index (χ4n) is 4.38. The number of nitrogens with zero attached hydrogens (tertiary/aromatic N) is 5. The third-order valence-electron chi connectivity index (χ3n) is 6.38. The first-order valence-electron chi connectivity index (χ1n) is 11.5. The molecule has 4 rings (SSSR count). The third kappa shape index (κ3) is 5.87. The van der Waals surface area contributed by atoms with Gasteiger partial charge in [0.25, 0.3) is 5.56 Å². The molecule has 0 aromatic carbocycles. The molecule has 1 aliphatic heterocycles. The van der Waals surface area contributed by atoms with Crippen LogP contribution in [0.2, 0.25) is 0 Å². The molecule has 1 amide bonds. The highest BCUT2D eigenvalue weighted by Crippen LogP contribution is 2.33. The summed E-state index contributed by atoms with van der Waals surface area (Å²) in [6.45, 7) is 4.45.